The van der Waals surface area contributed by atoms with Crippen LogP contribution in [0, 0.1) is 5.92 Å². The Bertz CT molecular complexity index is 457. The van der Waals surface area contributed by atoms with Gasteiger partial charge >= 0.3 is 6.61 Å². The molecule has 1 fully saturated rings. The predicted molar refractivity (Wildman–Crippen MR) is 74.7 cm³/mol. The Hall–Kier alpha value is -1.40. The molecule has 1 aromatic rings. The lowest BCUT2D eigenvalue weighted by atomic mass is 10.0. The van der Waals surface area contributed by atoms with Crippen molar-refractivity contribution in [2.45, 2.75) is 38.5 Å². The highest BCUT2D eigenvalue weighted by molar-refractivity contribution is 5.43. The molecule has 0 aromatic heterocycles. The standard InChI is InChI=1S/C15H21F2NO3/c1-20-13-6-5-10(7-14(13)21-15(16)17)8-18-12-4-2-3-11(12)9-19/h5-7,11-12,15,18-19H,2-4,8-9H2,1H3. The van der Waals surface area contributed by atoms with Gasteiger partial charge in [0.1, 0.15) is 0 Å². The van der Waals surface area contributed by atoms with E-state index in [2.05, 4.69) is 10.1 Å². The maximum atomic E-state index is 12.4. The molecule has 118 valence electrons. The molecule has 0 saturated heterocycles. The molecular formula is C15H21F2NO3. The van der Waals surface area contributed by atoms with Gasteiger partial charge < -0.3 is 19.9 Å². The van der Waals surface area contributed by atoms with Crippen LogP contribution in [-0.2, 0) is 6.54 Å². The fourth-order valence-electron chi connectivity index (χ4n) is 2.79. The molecule has 0 amide bonds. The van der Waals surface area contributed by atoms with Gasteiger partial charge in [0.2, 0.25) is 0 Å². The van der Waals surface area contributed by atoms with Crippen molar-refractivity contribution in [2.24, 2.45) is 5.92 Å². The first-order chi connectivity index (χ1) is 10.1. The van der Waals surface area contributed by atoms with Gasteiger partial charge in [-0.2, -0.15) is 8.78 Å². The molecule has 0 bridgehead atoms. The molecule has 2 rings (SSSR count). The van der Waals surface area contributed by atoms with Gasteiger partial charge in [-0.15, -0.1) is 0 Å². The molecule has 2 atom stereocenters. The smallest absolute Gasteiger partial charge is 0.387 e. The molecule has 6 heteroatoms. The van der Waals surface area contributed by atoms with Crippen LogP contribution in [0.1, 0.15) is 24.8 Å². The van der Waals surface area contributed by atoms with Crippen molar-refractivity contribution in [3.63, 3.8) is 0 Å². The van der Waals surface area contributed by atoms with Crippen molar-refractivity contribution in [1.82, 2.24) is 5.32 Å². The summed E-state index contributed by atoms with van der Waals surface area (Å²) in [4.78, 5) is 0. The van der Waals surface area contributed by atoms with E-state index in [1.807, 2.05) is 6.07 Å². The zero-order chi connectivity index (χ0) is 15.2. The molecule has 1 aliphatic carbocycles. The van der Waals surface area contributed by atoms with Crippen LogP contribution < -0.4 is 14.8 Å². The lowest BCUT2D eigenvalue weighted by Crippen LogP contribution is -2.33. The maximum absolute atomic E-state index is 12.4. The van der Waals surface area contributed by atoms with E-state index in [4.69, 9.17) is 4.74 Å². The first kappa shape index (κ1) is 16.0. The number of halogens is 2. The Balaban J connectivity index is 1.99. The second-order valence-electron chi connectivity index (χ2n) is 5.22. The van der Waals surface area contributed by atoms with Crippen LogP contribution in [0.3, 0.4) is 0 Å². The monoisotopic (exact) mass is 301 g/mol. The highest BCUT2D eigenvalue weighted by atomic mass is 19.3. The molecule has 21 heavy (non-hydrogen) atoms. The Morgan fingerprint density at radius 2 is 2.14 bits per heavy atom. The van der Waals surface area contributed by atoms with E-state index in [0.29, 0.717) is 6.54 Å². The normalized spacial score (nSPS) is 21.8. The molecular weight excluding hydrogens is 280 g/mol. The highest BCUT2D eigenvalue weighted by Gasteiger charge is 2.25. The summed E-state index contributed by atoms with van der Waals surface area (Å²) >= 11 is 0. The summed E-state index contributed by atoms with van der Waals surface area (Å²) in [7, 11) is 1.41. The van der Waals surface area contributed by atoms with Crippen molar-refractivity contribution in [2.75, 3.05) is 13.7 Å². The van der Waals surface area contributed by atoms with E-state index in [9.17, 15) is 13.9 Å². The van der Waals surface area contributed by atoms with Crippen LogP contribution in [-0.4, -0.2) is 31.5 Å². The molecule has 0 spiro atoms. The molecule has 1 aromatic carbocycles. The highest BCUT2D eigenvalue weighted by Crippen LogP contribution is 2.30. The number of alkyl halides is 2. The number of nitrogens with one attached hydrogen (secondary N) is 1. The summed E-state index contributed by atoms with van der Waals surface area (Å²) in [6.45, 7) is -2.15. The van der Waals surface area contributed by atoms with E-state index in [1.165, 1.54) is 7.11 Å². The number of aliphatic hydroxyl groups excluding tert-OH is 1. The summed E-state index contributed by atoms with van der Waals surface area (Å²) in [5.41, 5.74) is 0.843. The number of hydrogen-bond donors (Lipinski definition) is 2. The Kier molecular flexibility index (Phi) is 5.76. The van der Waals surface area contributed by atoms with Crippen LogP contribution in [0.25, 0.3) is 0 Å². The summed E-state index contributed by atoms with van der Waals surface area (Å²) in [5, 5.41) is 12.7. The minimum atomic E-state index is -2.88. The van der Waals surface area contributed by atoms with Gasteiger partial charge in [-0.1, -0.05) is 12.5 Å². The van der Waals surface area contributed by atoms with Gasteiger partial charge in [-0.25, -0.2) is 0 Å². The van der Waals surface area contributed by atoms with Gasteiger partial charge in [0, 0.05) is 19.2 Å². The number of benzene rings is 1. The third-order valence-corrected chi connectivity index (χ3v) is 3.91. The quantitative estimate of drug-likeness (QED) is 0.812. The number of rotatable bonds is 7. The van der Waals surface area contributed by atoms with Crippen molar-refractivity contribution in [1.29, 1.82) is 0 Å². The summed E-state index contributed by atoms with van der Waals surface area (Å²) < 4.78 is 34.2. The van der Waals surface area contributed by atoms with E-state index in [-0.39, 0.29) is 30.1 Å². The summed E-state index contributed by atoms with van der Waals surface area (Å²) in [6.07, 6.45) is 3.16. The zero-order valence-electron chi connectivity index (χ0n) is 12.0. The first-order valence-corrected chi connectivity index (χ1v) is 7.10. The third-order valence-electron chi connectivity index (χ3n) is 3.91. The predicted octanol–water partition coefficient (Wildman–Crippen LogP) is 2.55. The SMILES string of the molecule is COc1ccc(CNC2CCCC2CO)cc1OC(F)F. The lowest BCUT2D eigenvalue weighted by molar-refractivity contribution is -0.0512. The molecule has 1 saturated carbocycles. The molecule has 4 nitrogen and oxygen atoms in total. The number of aliphatic hydroxyl groups is 1. The van der Waals surface area contributed by atoms with Gasteiger partial charge in [0.15, 0.2) is 11.5 Å². The summed E-state index contributed by atoms with van der Waals surface area (Å²) in [5.74, 6) is 0.602. The van der Waals surface area contributed by atoms with Crippen LogP contribution in [0.4, 0.5) is 8.78 Å². The topological polar surface area (TPSA) is 50.7 Å². The molecule has 2 N–H and O–H groups in total. The van der Waals surface area contributed by atoms with Crippen molar-refractivity contribution < 1.29 is 23.4 Å². The van der Waals surface area contributed by atoms with Crippen molar-refractivity contribution in [3.8, 4) is 11.5 Å². The molecule has 2 unspecified atom stereocenters. The Morgan fingerprint density at radius 1 is 1.33 bits per heavy atom. The number of hydrogen-bond acceptors (Lipinski definition) is 4. The van der Waals surface area contributed by atoms with Crippen LogP contribution in [0.15, 0.2) is 18.2 Å². The average Bonchev–Trinajstić information content (AvgIpc) is 2.92. The minimum absolute atomic E-state index is 0.0388. The van der Waals surface area contributed by atoms with E-state index in [1.54, 1.807) is 12.1 Å². The van der Waals surface area contributed by atoms with E-state index < -0.39 is 6.61 Å². The molecule has 0 aliphatic heterocycles. The first-order valence-electron chi connectivity index (χ1n) is 7.10. The van der Waals surface area contributed by atoms with Gasteiger partial charge in [-0.05, 0) is 36.5 Å². The Labute approximate surface area is 123 Å². The maximum Gasteiger partial charge on any atom is 0.387 e. The lowest BCUT2D eigenvalue weighted by Gasteiger charge is -2.19. The Morgan fingerprint density at radius 3 is 2.81 bits per heavy atom. The molecule has 1 aliphatic rings. The fraction of sp³-hybridized carbons (Fsp3) is 0.600. The van der Waals surface area contributed by atoms with Gasteiger partial charge in [0.05, 0.1) is 7.11 Å². The van der Waals surface area contributed by atoms with E-state index >= 15 is 0 Å². The largest absolute Gasteiger partial charge is 0.493 e. The number of methoxy groups -OCH3 is 1. The van der Waals surface area contributed by atoms with Crippen LogP contribution in [0.5, 0.6) is 11.5 Å². The molecule has 0 radical (unpaired) electrons. The van der Waals surface area contributed by atoms with Crippen molar-refractivity contribution in [3.05, 3.63) is 23.8 Å². The van der Waals surface area contributed by atoms with E-state index in [0.717, 1.165) is 24.8 Å². The van der Waals surface area contributed by atoms with Gasteiger partial charge in [-0.3, -0.25) is 0 Å². The second kappa shape index (κ2) is 7.56. The second-order valence-corrected chi connectivity index (χ2v) is 5.22. The fourth-order valence-corrected chi connectivity index (χ4v) is 2.79. The molecule has 0 heterocycles. The number of ether oxygens (including phenoxy) is 2. The zero-order valence-corrected chi connectivity index (χ0v) is 12.0. The third kappa shape index (κ3) is 4.28. The van der Waals surface area contributed by atoms with Gasteiger partial charge in [0.25, 0.3) is 0 Å². The summed E-state index contributed by atoms with van der Waals surface area (Å²) in [6, 6.07) is 5.26. The van der Waals surface area contributed by atoms with Crippen molar-refractivity contribution >= 4 is 0 Å². The minimum Gasteiger partial charge on any atom is -0.493 e. The van der Waals surface area contributed by atoms with Crippen LogP contribution in [0.2, 0.25) is 0 Å². The average molecular weight is 301 g/mol. The van der Waals surface area contributed by atoms with Crippen LogP contribution >= 0.6 is 0 Å².